The van der Waals surface area contributed by atoms with Gasteiger partial charge in [-0.15, -0.1) is 0 Å². The molecule has 0 aromatic heterocycles. The van der Waals surface area contributed by atoms with E-state index in [4.69, 9.17) is 9.29 Å². The molecule has 0 bridgehead atoms. The van der Waals surface area contributed by atoms with Crippen molar-refractivity contribution in [1.82, 2.24) is 0 Å². The number of carbonyl (C=O) groups excluding carboxylic acids is 1. The lowest BCUT2D eigenvalue weighted by atomic mass is 10.1. The molecule has 6 heteroatoms. The van der Waals surface area contributed by atoms with Crippen LogP contribution >= 0.6 is 0 Å². The molecular weight excluding hydrogens is 244 g/mol. The number of ketones is 1. The van der Waals surface area contributed by atoms with E-state index in [0.29, 0.717) is 11.3 Å². The van der Waals surface area contributed by atoms with Crippen molar-refractivity contribution in [3.63, 3.8) is 0 Å². The summed E-state index contributed by atoms with van der Waals surface area (Å²) in [5.41, 5.74) is 0.501. The minimum atomic E-state index is -3.98. The Labute approximate surface area is 100 Å². The van der Waals surface area contributed by atoms with Crippen LogP contribution in [0.15, 0.2) is 24.3 Å². The summed E-state index contributed by atoms with van der Waals surface area (Å²) in [6, 6.07) is 6.56. The van der Waals surface area contributed by atoms with E-state index in [-0.39, 0.29) is 18.6 Å². The molecule has 0 spiro atoms. The van der Waals surface area contributed by atoms with Crippen molar-refractivity contribution >= 4 is 15.9 Å². The molecule has 1 rings (SSSR count). The Hall–Kier alpha value is -1.40. The van der Waals surface area contributed by atoms with Crippen LogP contribution in [-0.2, 0) is 10.1 Å². The third-order valence-electron chi connectivity index (χ3n) is 2.22. The highest BCUT2D eigenvalue weighted by molar-refractivity contribution is 7.85. The Kier molecular flexibility index (Phi) is 4.65. The van der Waals surface area contributed by atoms with Crippen molar-refractivity contribution in [3.8, 4) is 5.75 Å². The number of benzene rings is 1. The molecule has 0 unspecified atom stereocenters. The third kappa shape index (κ3) is 4.97. The third-order valence-corrected chi connectivity index (χ3v) is 3.02. The monoisotopic (exact) mass is 258 g/mol. The number of carbonyl (C=O) groups is 1. The van der Waals surface area contributed by atoms with E-state index in [0.717, 1.165) is 0 Å². The summed E-state index contributed by atoms with van der Waals surface area (Å²) in [6.45, 7) is 0. The molecule has 0 radical (unpaired) electrons. The molecule has 94 valence electrons. The molecule has 0 heterocycles. The molecule has 0 fully saturated rings. The maximum Gasteiger partial charge on any atom is 0.264 e. The van der Waals surface area contributed by atoms with Crippen molar-refractivity contribution < 1.29 is 22.5 Å². The van der Waals surface area contributed by atoms with Gasteiger partial charge in [0.05, 0.1) is 12.9 Å². The quantitative estimate of drug-likeness (QED) is 0.618. The van der Waals surface area contributed by atoms with Crippen molar-refractivity contribution in [1.29, 1.82) is 0 Å². The lowest BCUT2D eigenvalue weighted by Gasteiger charge is -2.02. The zero-order valence-corrected chi connectivity index (χ0v) is 10.2. The molecule has 17 heavy (non-hydrogen) atoms. The van der Waals surface area contributed by atoms with E-state index < -0.39 is 15.9 Å². The fourth-order valence-electron chi connectivity index (χ4n) is 1.34. The summed E-state index contributed by atoms with van der Waals surface area (Å²) in [5, 5.41) is 0. The Morgan fingerprint density at radius 2 is 1.88 bits per heavy atom. The first kappa shape index (κ1) is 13.7. The number of hydrogen-bond acceptors (Lipinski definition) is 4. The standard InChI is InChI=1S/C11H14O5S/c1-16-10-6-4-9(5-7-10)11(12)3-2-8-17(13,14)15/h4-7H,2-3,8H2,1H3,(H,13,14,15). The zero-order chi connectivity index (χ0) is 12.9. The molecule has 0 aliphatic carbocycles. The highest BCUT2D eigenvalue weighted by Crippen LogP contribution is 2.13. The van der Waals surface area contributed by atoms with Gasteiger partial charge < -0.3 is 4.74 Å². The van der Waals surface area contributed by atoms with Crippen LogP contribution in [-0.4, -0.2) is 31.6 Å². The lowest BCUT2D eigenvalue weighted by molar-refractivity contribution is 0.0982. The summed E-state index contributed by atoms with van der Waals surface area (Å²) in [6.07, 6.45) is 0.204. The molecule has 1 aromatic rings. The largest absolute Gasteiger partial charge is 0.497 e. The fourth-order valence-corrected chi connectivity index (χ4v) is 1.85. The van der Waals surface area contributed by atoms with Crippen molar-refractivity contribution in [2.45, 2.75) is 12.8 Å². The number of rotatable bonds is 6. The Balaban J connectivity index is 2.52. The molecular formula is C11H14O5S. The van der Waals surface area contributed by atoms with Gasteiger partial charge in [-0.1, -0.05) is 0 Å². The number of hydrogen-bond donors (Lipinski definition) is 1. The summed E-state index contributed by atoms with van der Waals surface area (Å²) < 4.78 is 34.4. The molecule has 0 atom stereocenters. The highest BCUT2D eigenvalue weighted by atomic mass is 32.2. The zero-order valence-electron chi connectivity index (χ0n) is 9.42. The SMILES string of the molecule is COc1ccc(C(=O)CCCS(=O)(=O)O)cc1. The van der Waals surface area contributed by atoms with E-state index in [1.165, 1.54) is 7.11 Å². The fraction of sp³-hybridized carbons (Fsp3) is 0.364. The van der Waals surface area contributed by atoms with Crippen LogP contribution in [0.5, 0.6) is 5.75 Å². The van der Waals surface area contributed by atoms with Crippen molar-refractivity contribution in [2.24, 2.45) is 0 Å². The average molecular weight is 258 g/mol. The van der Waals surface area contributed by atoms with Crippen LogP contribution in [0, 0.1) is 0 Å². The molecule has 1 aromatic carbocycles. The molecule has 0 saturated carbocycles. The van der Waals surface area contributed by atoms with Crippen LogP contribution in [0.1, 0.15) is 23.2 Å². The Morgan fingerprint density at radius 1 is 1.29 bits per heavy atom. The van der Waals surface area contributed by atoms with Gasteiger partial charge in [-0.25, -0.2) is 0 Å². The van der Waals surface area contributed by atoms with E-state index in [2.05, 4.69) is 0 Å². The number of methoxy groups -OCH3 is 1. The smallest absolute Gasteiger partial charge is 0.264 e. The lowest BCUT2D eigenvalue weighted by Crippen LogP contribution is -2.07. The van der Waals surface area contributed by atoms with Crippen LogP contribution in [0.25, 0.3) is 0 Å². The topological polar surface area (TPSA) is 80.7 Å². The Bertz CT molecular complexity index is 475. The van der Waals surface area contributed by atoms with Crippen LogP contribution < -0.4 is 4.74 Å². The second-order valence-corrected chi connectivity index (χ2v) is 5.11. The molecule has 0 amide bonds. The van der Waals surface area contributed by atoms with E-state index in [9.17, 15) is 13.2 Å². The average Bonchev–Trinajstić information content (AvgIpc) is 2.27. The van der Waals surface area contributed by atoms with Gasteiger partial charge in [0.2, 0.25) is 0 Å². The predicted molar refractivity (Wildman–Crippen MR) is 63.0 cm³/mol. The van der Waals surface area contributed by atoms with Crippen LogP contribution in [0.3, 0.4) is 0 Å². The highest BCUT2D eigenvalue weighted by Gasteiger charge is 2.09. The molecule has 0 aliphatic rings. The first-order valence-electron chi connectivity index (χ1n) is 5.05. The minimum absolute atomic E-state index is 0.0894. The van der Waals surface area contributed by atoms with Gasteiger partial charge in [0, 0.05) is 12.0 Å². The van der Waals surface area contributed by atoms with E-state index in [1.54, 1.807) is 24.3 Å². The maximum absolute atomic E-state index is 11.6. The normalized spacial score (nSPS) is 11.2. The van der Waals surface area contributed by atoms with E-state index in [1.807, 2.05) is 0 Å². The van der Waals surface area contributed by atoms with Gasteiger partial charge in [-0.2, -0.15) is 8.42 Å². The van der Waals surface area contributed by atoms with Gasteiger partial charge >= 0.3 is 0 Å². The van der Waals surface area contributed by atoms with Gasteiger partial charge in [0.25, 0.3) is 10.1 Å². The molecule has 5 nitrogen and oxygen atoms in total. The van der Waals surface area contributed by atoms with Gasteiger partial charge in [0.1, 0.15) is 5.75 Å². The van der Waals surface area contributed by atoms with Crippen LogP contribution in [0.4, 0.5) is 0 Å². The maximum atomic E-state index is 11.6. The van der Waals surface area contributed by atoms with Crippen molar-refractivity contribution in [3.05, 3.63) is 29.8 Å². The summed E-state index contributed by atoms with van der Waals surface area (Å²) in [4.78, 5) is 11.6. The van der Waals surface area contributed by atoms with Gasteiger partial charge in [0.15, 0.2) is 5.78 Å². The Morgan fingerprint density at radius 3 is 2.35 bits per heavy atom. The molecule has 1 N–H and O–H groups in total. The summed E-state index contributed by atoms with van der Waals surface area (Å²) in [5.74, 6) is 0.102. The van der Waals surface area contributed by atoms with Gasteiger partial charge in [-0.05, 0) is 30.7 Å². The van der Waals surface area contributed by atoms with Gasteiger partial charge in [-0.3, -0.25) is 9.35 Å². The first-order valence-corrected chi connectivity index (χ1v) is 6.66. The second kappa shape index (κ2) is 5.79. The summed E-state index contributed by atoms with van der Waals surface area (Å²) >= 11 is 0. The summed E-state index contributed by atoms with van der Waals surface area (Å²) in [7, 11) is -2.45. The van der Waals surface area contributed by atoms with E-state index >= 15 is 0 Å². The molecule has 0 saturated heterocycles. The first-order chi connectivity index (χ1) is 7.92. The van der Waals surface area contributed by atoms with Crippen molar-refractivity contribution in [2.75, 3.05) is 12.9 Å². The number of ether oxygens (including phenoxy) is 1. The molecule has 0 aliphatic heterocycles. The second-order valence-electron chi connectivity index (χ2n) is 3.54. The minimum Gasteiger partial charge on any atom is -0.497 e. The predicted octanol–water partition coefficient (Wildman–Crippen LogP) is 1.55. The number of Topliss-reactive ketones (excluding diaryl/α,β-unsaturated/α-hetero) is 1. The van der Waals surface area contributed by atoms with Crippen LogP contribution in [0.2, 0.25) is 0 Å².